The van der Waals surface area contributed by atoms with E-state index in [1.807, 2.05) is 48.5 Å². The second-order valence-corrected chi connectivity index (χ2v) is 10.7. The van der Waals surface area contributed by atoms with Crippen molar-refractivity contribution in [1.29, 1.82) is 0 Å². The highest BCUT2D eigenvalue weighted by atomic mass is 79.9. The highest BCUT2D eigenvalue weighted by molar-refractivity contribution is 9.10. The third-order valence-corrected chi connectivity index (χ3v) is 7.10. The molecule has 2 aromatic carbocycles. The van der Waals surface area contributed by atoms with Crippen molar-refractivity contribution < 1.29 is 24.2 Å². The fraction of sp³-hybridized carbons (Fsp3) is 0.0714. The number of hydrogen-bond donors (Lipinski definition) is 1. The predicted molar refractivity (Wildman–Crippen MR) is 163 cm³/mol. The average molecular weight is 715 g/mol. The Bertz CT molecular complexity index is 1980. The monoisotopic (exact) mass is 712 g/mol. The van der Waals surface area contributed by atoms with Crippen molar-refractivity contribution in [2.24, 2.45) is 0 Å². The first-order chi connectivity index (χ1) is 20.2. The van der Waals surface area contributed by atoms with E-state index in [0.717, 1.165) is 14.6 Å². The predicted octanol–water partition coefficient (Wildman–Crippen LogP) is 6.51. The van der Waals surface area contributed by atoms with Gasteiger partial charge in [-0.1, -0.05) is 55.6 Å². The molecule has 0 bridgehead atoms. The molecular weight excluding hydrogens is 696 g/mol. The molecule has 0 aliphatic rings. The molecule has 14 heteroatoms. The van der Waals surface area contributed by atoms with Crippen LogP contribution in [0.3, 0.4) is 0 Å². The van der Waals surface area contributed by atoms with E-state index in [9.17, 15) is 14.7 Å². The Balaban J connectivity index is 0.000000168. The summed E-state index contributed by atoms with van der Waals surface area (Å²) < 4.78 is 14.7. The fourth-order valence-corrected chi connectivity index (χ4v) is 4.96. The molecule has 11 nitrogen and oxygen atoms in total. The van der Waals surface area contributed by atoms with Crippen LogP contribution in [-0.4, -0.2) is 60.8 Å². The van der Waals surface area contributed by atoms with Gasteiger partial charge in [-0.25, -0.2) is 23.9 Å². The molecule has 0 amide bonds. The highest BCUT2D eigenvalue weighted by Crippen LogP contribution is 2.26. The van der Waals surface area contributed by atoms with Crippen LogP contribution < -0.4 is 4.74 Å². The molecule has 4 aromatic heterocycles. The standard InChI is InChI=1S/C14H9BrClN3O2.C14H10BrN3O3/c1-21-14(20)12-10-5-6-11(16)17-13(10)19(18-12)9-4-2-3-8(15)7-9;1-21-11-6-5-10-12(14(19)20)17-18(13(10)16-11)9-4-2-3-8(15)7-9/h2-7H,1H3;2-7H,1H3,(H,19,20). The molecular formula is C28H19Br2ClN6O5. The lowest BCUT2D eigenvalue weighted by molar-refractivity contribution is 0.0594. The van der Waals surface area contributed by atoms with Crippen LogP contribution in [0, 0.1) is 0 Å². The summed E-state index contributed by atoms with van der Waals surface area (Å²) in [6.45, 7) is 0. The van der Waals surface area contributed by atoms with E-state index in [4.69, 9.17) is 21.1 Å². The number of pyridine rings is 2. The highest BCUT2D eigenvalue weighted by Gasteiger charge is 2.21. The van der Waals surface area contributed by atoms with E-state index in [-0.39, 0.29) is 11.4 Å². The van der Waals surface area contributed by atoms with E-state index < -0.39 is 11.9 Å². The molecule has 0 spiro atoms. The third-order valence-electron chi connectivity index (χ3n) is 5.90. The molecule has 212 valence electrons. The van der Waals surface area contributed by atoms with Gasteiger partial charge in [0.25, 0.3) is 0 Å². The molecule has 0 aliphatic carbocycles. The first-order valence-corrected chi connectivity index (χ1v) is 14.0. The number of carboxylic acid groups (broad SMARTS) is 1. The molecule has 0 saturated carbocycles. The van der Waals surface area contributed by atoms with Crippen LogP contribution in [0.25, 0.3) is 33.4 Å². The Morgan fingerprint density at radius 3 is 1.88 bits per heavy atom. The van der Waals surface area contributed by atoms with Gasteiger partial charge < -0.3 is 14.6 Å². The van der Waals surface area contributed by atoms with Crippen molar-refractivity contribution in [2.75, 3.05) is 14.2 Å². The minimum atomic E-state index is -1.10. The molecule has 0 unspecified atom stereocenters. The van der Waals surface area contributed by atoms with Gasteiger partial charge in [0.15, 0.2) is 22.7 Å². The smallest absolute Gasteiger partial charge is 0.359 e. The Hall–Kier alpha value is -4.33. The summed E-state index contributed by atoms with van der Waals surface area (Å²) in [7, 11) is 2.82. The van der Waals surface area contributed by atoms with E-state index in [0.29, 0.717) is 38.8 Å². The second kappa shape index (κ2) is 12.3. The zero-order valence-electron chi connectivity index (χ0n) is 21.8. The molecule has 0 saturated heterocycles. The quantitative estimate of drug-likeness (QED) is 0.157. The van der Waals surface area contributed by atoms with Gasteiger partial charge in [0.05, 0.1) is 36.4 Å². The summed E-state index contributed by atoms with van der Waals surface area (Å²) in [5, 5.41) is 19.1. The normalized spacial score (nSPS) is 10.8. The van der Waals surface area contributed by atoms with Gasteiger partial charge in [-0.2, -0.15) is 15.2 Å². The molecule has 6 aromatic rings. The van der Waals surface area contributed by atoms with Gasteiger partial charge in [-0.3, -0.25) is 0 Å². The van der Waals surface area contributed by atoms with Gasteiger partial charge in [0, 0.05) is 15.0 Å². The van der Waals surface area contributed by atoms with E-state index in [2.05, 4.69) is 52.0 Å². The first kappa shape index (κ1) is 29.2. The van der Waals surface area contributed by atoms with Crippen LogP contribution in [0.1, 0.15) is 21.0 Å². The molecule has 42 heavy (non-hydrogen) atoms. The van der Waals surface area contributed by atoms with Crippen LogP contribution in [-0.2, 0) is 4.74 Å². The Morgan fingerprint density at radius 2 is 1.33 bits per heavy atom. The van der Waals surface area contributed by atoms with Gasteiger partial charge in [0.2, 0.25) is 5.88 Å². The van der Waals surface area contributed by atoms with Crippen LogP contribution in [0.15, 0.2) is 81.7 Å². The molecule has 0 fully saturated rings. The van der Waals surface area contributed by atoms with E-state index in [1.54, 1.807) is 28.9 Å². The summed E-state index contributed by atoms with van der Waals surface area (Å²) in [5.74, 6) is -1.21. The number of aromatic carboxylic acids is 1. The van der Waals surface area contributed by atoms with Crippen molar-refractivity contribution >= 4 is 77.5 Å². The van der Waals surface area contributed by atoms with Crippen LogP contribution in [0.5, 0.6) is 5.88 Å². The summed E-state index contributed by atoms with van der Waals surface area (Å²) in [6, 6.07) is 21.5. The molecule has 0 aliphatic heterocycles. The molecule has 1 N–H and O–H groups in total. The summed E-state index contributed by atoms with van der Waals surface area (Å²) in [6.07, 6.45) is 0. The number of ether oxygens (including phenoxy) is 2. The Labute approximate surface area is 259 Å². The van der Waals surface area contributed by atoms with Crippen LogP contribution in [0.4, 0.5) is 0 Å². The molecule has 0 atom stereocenters. The van der Waals surface area contributed by atoms with Crippen LogP contribution >= 0.6 is 43.5 Å². The van der Waals surface area contributed by atoms with Gasteiger partial charge in [-0.05, 0) is 54.6 Å². The van der Waals surface area contributed by atoms with Crippen molar-refractivity contribution in [3.8, 4) is 17.3 Å². The minimum Gasteiger partial charge on any atom is -0.481 e. The minimum absolute atomic E-state index is 0.0415. The number of aromatic nitrogens is 6. The number of fused-ring (bicyclic) bond motifs is 2. The lowest BCUT2D eigenvalue weighted by Crippen LogP contribution is -2.04. The van der Waals surface area contributed by atoms with Gasteiger partial charge in [-0.15, -0.1) is 0 Å². The van der Waals surface area contributed by atoms with Crippen molar-refractivity contribution in [3.05, 3.63) is 98.3 Å². The van der Waals surface area contributed by atoms with Gasteiger partial charge in [0.1, 0.15) is 5.15 Å². The van der Waals surface area contributed by atoms with Crippen molar-refractivity contribution in [2.45, 2.75) is 0 Å². The molecule has 0 radical (unpaired) electrons. The number of benzene rings is 2. The fourth-order valence-electron chi connectivity index (χ4n) is 4.05. The number of esters is 1. The van der Waals surface area contributed by atoms with Crippen LogP contribution in [0.2, 0.25) is 5.15 Å². The van der Waals surface area contributed by atoms with Crippen molar-refractivity contribution in [3.63, 3.8) is 0 Å². The van der Waals surface area contributed by atoms with Gasteiger partial charge >= 0.3 is 11.9 Å². The number of nitrogens with zero attached hydrogens (tertiary/aromatic N) is 6. The summed E-state index contributed by atoms with van der Waals surface area (Å²) in [5.41, 5.74) is 2.57. The van der Waals surface area contributed by atoms with E-state index in [1.165, 1.54) is 18.9 Å². The number of hydrogen-bond acceptors (Lipinski definition) is 8. The SMILES string of the molecule is COC(=O)c1nn(-c2cccc(Br)c2)c2nc(Cl)ccc12.COc1ccc2c(C(=O)O)nn(-c3cccc(Br)c3)c2n1. The number of halogens is 3. The summed E-state index contributed by atoms with van der Waals surface area (Å²) in [4.78, 5) is 31.8. The number of carbonyl (C=O) groups is 2. The third kappa shape index (κ3) is 5.84. The zero-order valence-corrected chi connectivity index (χ0v) is 25.8. The average Bonchev–Trinajstić information content (AvgIpc) is 3.55. The molecule has 4 heterocycles. The lowest BCUT2D eigenvalue weighted by atomic mass is 10.2. The number of carbonyl (C=O) groups excluding carboxylic acids is 1. The maximum absolute atomic E-state index is 11.9. The largest absolute Gasteiger partial charge is 0.481 e. The maximum Gasteiger partial charge on any atom is 0.359 e. The number of carboxylic acids is 1. The maximum atomic E-state index is 11.9. The first-order valence-electron chi connectivity index (χ1n) is 12.0. The second-order valence-electron chi connectivity index (χ2n) is 8.51. The van der Waals surface area contributed by atoms with E-state index >= 15 is 0 Å². The Morgan fingerprint density at radius 1 is 0.786 bits per heavy atom. The summed E-state index contributed by atoms with van der Waals surface area (Å²) >= 11 is 12.7. The number of rotatable bonds is 5. The Kier molecular flexibility index (Phi) is 8.52. The number of methoxy groups -OCH3 is 2. The molecule has 6 rings (SSSR count). The van der Waals surface area contributed by atoms with Crippen molar-refractivity contribution in [1.82, 2.24) is 29.5 Å². The lowest BCUT2D eigenvalue weighted by Gasteiger charge is -2.04. The topological polar surface area (TPSA) is 134 Å². The zero-order chi connectivity index (χ0) is 30.0.